The average molecular weight is 1460 g/mol. The summed E-state index contributed by atoms with van der Waals surface area (Å²) in [5.41, 5.74) is 1.09. The van der Waals surface area contributed by atoms with Crippen LogP contribution in [0.2, 0.25) is 0 Å². The SMILES string of the molecule is CN(CCN1CCC(OC(=O)Nc2ccccc2-c2ccccc2)CC1)C(=O)CCCCCNc1cccc(C(=O)N(C)CCCN(C)C(=O)CO[C@H]2Cc3ccccc3C23CCN(CC[C@@]2(c4ccc(F)cc4)CN(C(=O)c4cc(C(F)(F)F)cc(C(F)(F)F)c4)CO2)CC3)c1.Cl.Cl.Cl. The number of carbonyl (C=O) groups excluding carboxylic acids is 5. The van der Waals surface area contributed by atoms with Gasteiger partial charge in [-0.1, -0.05) is 97.4 Å². The van der Waals surface area contributed by atoms with Gasteiger partial charge >= 0.3 is 18.4 Å². The molecule has 0 unspecified atom stereocenters. The van der Waals surface area contributed by atoms with Crippen LogP contribution in [0.4, 0.5) is 46.9 Å². The molecular weight excluding hydrogens is 1370 g/mol. The minimum atomic E-state index is -5.15. The first-order valence-electron chi connectivity index (χ1n) is 33.3. The van der Waals surface area contributed by atoms with Gasteiger partial charge in [0.2, 0.25) is 11.8 Å². The number of unbranched alkanes of at least 4 members (excludes halogenated alkanes) is 2. The number of piperidine rings is 2. The van der Waals surface area contributed by atoms with Gasteiger partial charge in [0.1, 0.15) is 30.9 Å². The van der Waals surface area contributed by atoms with E-state index in [9.17, 15) is 54.7 Å². The van der Waals surface area contributed by atoms with E-state index in [4.69, 9.17) is 14.2 Å². The highest BCUT2D eigenvalue weighted by Crippen LogP contribution is 2.49. The molecule has 3 fully saturated rings. The molecule has 100 heavy (non-hydrogen) atoms. The Kier molecular flexibility index (Phi) is 28.6. The number of nitrogens with one attached hydrogen (secondary N) is 2. The predicted molar refractivity (Wildman–Crippen MR) is 377 cm³/mol. The van der Waals surface area contributed by atoms with E-state index in [1.165, 1.54) is 24.3 Å². The fraction of sp³-hybridized carbons (Fsp3) is 0.446. The van der Waals surface area contributed by atoms with Crippen LogP contribution in [0.5, 0.6) is 0 Å². The zero-order valence-electron chi connectivity index (χ0n) is 56.3. The summed E-state index contributed by atoms with van der Waals surface area (Å²) in [7, 11) is 5.30. The Morgan fingerprint density at radius 1 is 0.640 bits per heavy atom. The number of carbonyl (C=O) groups is 5. The van der Waals surface area contributed by atoms with Gasteiger partial charge in [0, 0.05) is 108 Å². The van der Waals surface area contributed by atoms with Crippen molar-refractivity contribution in [2.75, 3.05) is 117 Å². The summed E-state index contributed by atoms with van der Waals surface area (Å²) in [5, 5.41) is 6.35. The lowest BCUT2D eigenvalue weighted by Crippen LogP contribution is -2.50. The Bertz CT molecular complexity index is 3660. The van der Waals surface area contributed by atoms with Gasteiger partial charge in [0.15, 0.2) is 0 Å². The van der Waals surface area contributed by atoms with Crippen molar-refractivity contribution in [3.05, 3.63) is 190 Å². The molecule has 542 valence electrons. The van der Waals surface area contributed by atoms with E-state index in [-0.39, 0.29) is 92.8 Å². The van der Waals surface area contributed by atoms with Crippen LogP contribution in [0.15, 0.2) is 146 Å². The zero-order chi connectivity index (χ0) is 68.9. The third-order valence-corrected chi connectivity index (χ3v) is 19.5. The van der Waals surface area contributed by atoms with E-state index in [1.54, 1.807) is 34.9 Å². The van der Waals surface area contributed by atoms with Crippen molar-refractivity contribution >= 4 is 78.3 Å². The number of likely N-dealkylation sites (N-methyl/N-ethyl adjacent to an activating group) is 2. The largest absolute Gasteiger partial charge is 0.446 e. The van der Waals surface area contributed by atoms with Gasteiger partial charge in [-0.25, -0.2) is 9.18 Å². The molecule has 1 spiro atoms. The van der Waals surface area contributed by atoms with Crippen molar-refractivity contribution < 1.29 is 68.9 Å². The number of benzene rings is 6. The summed E-state index contributed by atoms with van der Waals surface area (Å²) in [6.07, 6.45) is -4.15. The molecule has 26 heteroatoms. The first-order chi connectivity index (χ1) is 46.5. The standard InChI is InChI=1S/C74H85F7N8O8.3ClH/c1-84(35-15-36-86(3)68(92)54-19-14-20-60(46-54)82-34-13-5-8-24-66(90)85(2)42-43-87-37-29-61(30-38-87)97-70(94)83-64-23-12-10-21-62(64)52-16-6-4-7-17-52)67(91)49-95-65-47-53-18-9-11-22-63(53)71(65)31-39-88(40-32-71)41-33-72(56-25-27-59(75)28-26-56)50-89(51-96-72)69(93)55-44-57(73(76,77)78)48-58(45-55)74(79,80)81;;;/h4,6-7,9-12,14,16-23,25-28,44-46,48,61,65,82H,5,8,13,15,24,29-43,47,49-51H2,1-3H3,(H,83,94);3*1H/t65-,72-;;;/m0.../s1. The van der Waals surface area contributed by atoms with E-state index < -0.39 is 64.6 Å². The normalized spacial score (nSPS) is 17.6. The van der Waals surface area contributed by atoms with Crippen LogP contribution >= 0.6 is 37.2 Å². The second-order valence-corrected chi connectivity index (χ2v) is 26.0. The fourth-order valence-electron chi connectivity index (χ4n) is 13.7. The van der Waals surface area contributed by atoms with E-state index in [1.807, 2.05) is 92.0 Å². The van der Waals surface area contributed by atoms with Crippen LogP contribution in [0.25, 0.3) is 11.1 Å². The molecule has 0 bridgehead atoms. The molecule has 10 rings (SSSR count). The van der Waals surface area contributed by atoms with Gasteiger partial charge in [0.25, 0.3) is 11.8 Å². The second-order valence-electron chi connectivity index (χ2n) is 26.0. The lowest BCUT2D eigenvalue weighted by atomic mass is 9.72. The molecule has 0 radical (unpaired) electrons. The number of hydrogen-bond donors (Lipinski definition) is 2. The van der Waals surface area contributed by atoms with Gasteiger partial charge in [-0.2, -0.15) is 26.3 Å². The minimum Gasteiger partial charge on any atom is -0.446 e. The zero-order valence-corrected chi connectivity index (χ0v) is 58.8. The van der Waals surface area contributed by atoms with Gasteiger partial charge in [0.05, 0.1) is 29.5 Å². The quantitative estimate of drug-likeness (QED) is 0.0394. The number of nitrogens with zero attached hydrogens (tertiary/aromatic N) is 6. The molecule has 0 aromatic heterocycles. The lowest BCUT2D eigenvalue weighted by Gasteiger charge is -2.44. The molecule has 4 aliphatic rings. The molecule has 2 N–H and O–H groups in total. The number of halogens is 10. The molecule has 0 saturated carbocycles. The number of likely N-dealkylation sites (tertiary alicyclic amines) is 2. The molecule has 5 amide bonds. The van der Waals surface area contributed by atoms with E-state index in [0.29, 0.717) is 107 Å². The van der Waals surface area contributed by atoms with Crippen LogP contribution in [0, 0.1) is 5.82 Å². The van der Waals surface area contributed by atoms with Crippen molar-refractivity contribution in [2.45, 2.75) is 106 Å². The molecule has 1 aliphatic carbocycles. The number of rotatable bonds is 26. The van der Waals surface area contributed by atoms with Crippen molar-refractivity contribution in [1.82, 2.24) is 29.4 Å². The van der Waals surface area contributed by atoms with Crippen LogP contribution in [0.1, 0.15) is 113 Å². The molecule has 3 saturated heterocycles. The number of para-hydroxylation sites is 1. The number of fused-ring (bicyclic) bond motifs is 2. The van der Waals surface area contributed by atoms with Crippen LogP contribution in [-0.2, 0) is 53.6 Å². The minimum absolute atomic E-state index is 0. The lowest BCUT2D eigenvalue weighted by molar-refractivity contribution is -0.143. The number of amides is 5. The summed E-state index contributed by atoms with van der Waals surface area (Å²) in [6.45, 7) is 5.23. The average Bonchev–Trinajstić information content (AvgIpc) is 1.58. The third-order valence-electron chi connectivity index (χ3n) is 19.5. The first kappa shape index (κ1) is 79.8. The van der Waals surface area contributed by atoms with Gasteiger partial charge < -0.3 is 48.9 Å². The summed E-state index contributed by atoms with van der Waals surface area (Å²) in [5.74, 6) is -1.85. The summed E-state index contributed by atoms with van der Waals surface area (Å²) < 4.78 is 116. The number of anilines is 2. The number of alkyl halides is 6. The fourth-order valence-corrected chi connectivity index (χ4v) is 13.7. The summed E-state index contributed by atoms with van der Waals surface area (Å²) >= 11 is 0. The molecular formula is C74H88Cl3F7N8O8. The highest BCUT2D eigenvalue weighted by Gasteiger charge is 2.50. The monoisotopic (exact) mass is 1450 g/mol. The van der Waals surface area contributed by atoms with E-state index in [0.717, 1.165) is 84.6 Å². The molecule has 3 heterocycles. The second kappa shape index (κ2) is 35.9. The maximum Gasteiger partial charge on any atom is 0.416 e. The van der Waals surface area contributed by atoms with E-state index >= 15 is 0 Å². The Hall–Kier alpha value is -7.51. The molecule has 16 nitrogen and oxygen atoms in total. The smallest absolute Gasteiger partial charge is 0.416 e. The molecule has 6 aromatic rings. The van der Waals surface area contributed by atoms with Gasteiger partial charge in [-0.3, -0.25) is 24.5 Å². The summed E-state index contributed by atoms with van der Waals surface area (Å²) in [6, 6.07) is 39.3. The maximum atomic E-state index is 14.2. The maximum absolute atomic E-state index is 14.2. The third kappa shape index (κ3) is 20.4. The van der Waals surface area contributed by atoms with Gasteiger partial charge in [-0.15, -0.1) is 37.2 Å². The highest BCUT2D eigenvalue weighted by atomic mass is 35.5. The Morgan fingerprint density at radius 3 is 1.98 bits per heavy atom. The van der Waals surface area contributed by atoms with Crippen LogP contribution in [0.3, 0.4) is 0 Å². The van der Waals surface area contributed by atoms with Crippen LogP contribution < -0.4 is 10.6 Å². The first-order valence-corrected chi connectivity index (χ1v) is 33.3. The molecule has 2 atom stereocenters. The summed E-state index contributed by atoms with van der Waals surface area (Å²) in [4.78, 5) is 77.6. The predicted octanol–water partition coefficient (Wildman–Crippen LogP) is 14.3. The van der Waals surface area contributed by atoms with Crippen LogP contribution in [-0.4, -0.2) is 178 Å². The number of ether oxygens (including phenoxy) is 3. The highest BCUT2D eigenvalue weighted by molar-refractivity contribution is 5.96. The van der Waals surface area contributed by atoms with Crippen molar-refractivity contribution in [3.63, 3.8) is 0 Å². The Morgan fingerprint density at radius 2 is 1.28 bits per heavy atom. The van der Waals surface area contributed by atoms with Crippen molar-refractivity contribution in [2.24, 2.45) is 0 Å². The molecule has 3 aliphatic heterocycles. The Labute approximate surface area is 598 Å². The van der Waals surface area contributed by atoms with Crippen molar-refractivity contribution in [1.29, 1.82) is 0 Å². The number of hydrogen-bond acceptors (Lipinski definition) is 11. The van der Waals surface area contributed by atoms with E-state index in [2.05, 4.69) is 32.6 Å². The topological polar surface area (TPSA) is 157 Å². The molecule has 6 aromatic carbocycles. The van der Waals surface area contributed by atoms with Crippen molar-refractivity contribution in [3.8, 4) is 11.1 Å². The Balaban J connectivity index is 0.00000468. The van der Waals surface area contributed by atoms with Gasteiger partial charge in [-0.05, 0) is 148 Å².